The second kappa shape index (κ2) is 9.67. The van der Waals surface area contributed by atoms with E-state index in [1.54, 1.807) is 12.1 Å². The average Bonchev–Trinajstić information content (AvgIpc) is 2.64. The molecule has 0 saturated carbocycles. The number of ketones is 2. The van der Waals surface area contributed by atoms with Gasteiger partial charge in [-0.2, -0.15) is 0 Å². The van der Waals surface area contributed by atoms with Crippen LogP contribution in [0, 0.1) is 0 Å². The molecule has 0 aliphatic carbocycles. The van der Waals surface area contributed by atoms with Gasteiger partial charge in [0.1, 0.15) is 23.9 Å². The van der Waals surface area contributed by atoms with Gasteiger partial charge in [-0.05, 0) is 58.6 Å². The van der Waals surface area contributed by atoms with Gasteiger partial charge in [-0.25, -0.2) is 0 Å². The topological polar surface area (TPSA) is 63.6 Å². The van der Waals surface area contributed by atoms with E-state index in [2.05, 4.69) is 41.5 Å². The van der Waals surface area contributed by atoms with Crippen LogP contribution in [0.25, 0.3) is 0 Å². The molecule has 0 heterocycles. The lowest BCUT2D eigenvalue weighted by Crippen LogP contribution is -2.18. The molecule has 1 N–H and O–H groups in total. The lowest BCUT2D eigenvalue weighted by molar-refractivity contribution is -0.119. The lowest BCUT2D eigenvalue weighted by atomic mass is 9.78. The monoisotopic (exact) mass is 424 g/mol. The first-order chi connectivity index (χ1) is 14.3. The van der Waals surface area contributed by atoms with Gasteiger partial charge in [-0.3, -0.25) is 9.59 Å². The molecular weight excluding hydrogens is 388 g/mol. The Hall–Kier alpha value is -2.62. The Kier molecular flexibility index (Phi) is 7.69. The molecule has 2 rings (SSSR count). The number of hydrogen-bond acceptors (Lipinski definition) is 4. The van der Waals surface area contributed by atoms with E-state index >= 15 is 0 Å². The second-order valence-corrected chi connectivity index (χ2v) is 10.4. The van der Waals surface area contributed by atoms with E-state index < -0.39 is 0 Å². The van der Waals surface area contributed by atoms with Crippen LogP contribution in [0.2, 0.25) is 0 Å². The maximum Gasteiger partial charge on any atom is 0.167 e. The highest BCUT2D eigenvalue weighted by Gasteiger charge is 2.26. The van der Waals surface area contributed by atoms with Gasteiger partial charge in [-0.1, -0.05) is 65.8 Å². The van der Waals surface area contributed by atoms with Crippen molar-refractivity contribution >= 4 is 11.6 Å². The Morgan fingerprint density at radius 3 is 1.84 bits per heavy atom. The second-order valence-electron chi connectivity index (χ2n) is 10.4. The Bertz CT molecular complexity index is 890. The van der Waals surface area contributed by atoms with Gasteiger partial charge < -0.3 is 9.84 Å². The molecule has 0 bridgehead atoms. The largest absolute Gasteiger partial charge is 0.507 e. The fraction of sp³-hybridized carbons (Fsp3) is 0.481. The predicted molar refractivity (Wildman–Crippen MR) is 125 cm³/mol. The first-order valence-electron chi connectivity index (χ1n) is 10.9. The number of aryl methyl sites for hydroxylation is 1. The minimum absolute atomic E-state index is 0.0299. The van der Waals surface area contributed by atoms with E-state index in [0.717, 1.165) is 22.3 Å². The van der Waals surface area contributed by atoms with E-state index in [9.17, 15) is 14.7 Å². The van der Waals surface area contributed by atoms with E-state index in [-0.39, 0.29) is 29.0 Å². The van der Waals surface area contributed by atoms with E-state index in [0.29, 0.717) is 30.8 Å². The molecule has 0 aliphatic rings. The van der Waals surface area contributed by atoms with Crippen LogP contribution in [0.3, 0.4) is 0 Å². The van der Waals surface area contributed by atoms with Crippen molar-refractivity contribution in [3.63, 3.8) is 0 Å². The highest BCUT2D eigenvalue weighted by molar-refractivity contribution is 5.81. The van der Waals surface area contributed by atoms with Gasteiger partial charge in [-0.15, -0.1) is 0 Å². The standard InChI is InChI=1S/C27H36O4/c1-18(28)17-31-22-12-9-19(10-13-22)14-21(29)11-8-20-15-23(26(2,3)4)25(30)24(16-20)27(5,6)7/h9-10,12-13,15-16,30H,8,11,14,17H2,1-7H3. The molecule has 0 aliphatic heterocycles. The predicted octanol–water partition coefficient (Wildman–Crippen LogP) is 5.70. The third-order valence-electron chi connectivity index (χ3n) is 5.24. The molecule has 0 unspecified atom stereocenters. The third-order valence-corrected chi connectivity index (χ3v) is 5.24. The minimum atomic E-state index is -0.184. The highest BCUT2D eigenvalue weighted by atomic mass is 16.5. The van der Waals surface area contributed by atoms with Crippen molar-refractivity contribution in [3.05, 3.63) is 58.7 Å². The number of Topliss-reactive ketones (excluding diaryl/α,β-unsaturated/α-hetero) is 2. The van der Waals surface area contributed by atoms with Crippen molar-refractivity contribution < 1.29 is 19.4 Å². The molecule has 0 radical (unpaired) electrons. The number of rotatable bonds is 8. The van der Waals surface area contributed by atoms with Gasteiger partial charge in [0.05, 0.1) is 0 Å². The number of hydrogen-bond donors (Lipinski definition) is 1. The average molecular weight is 425 g/mol. The van der Waals surface area contributed by atoms with Crippen LogP contribution in [0.5, 0.6) is 11.5 Å². The molecule has 31 heavy (non-hydrogen) atoms. The first-order valence-corrected chi connectivity index (χ1v) is 10.9. The zero-order chi connectivity index (χ0) is 23.4. The van der Waals surface area contributed by atoms with Crippen molar-refractivity contribution in [3.8, 4) is 11.5 Å². The summed E-state index contributed by atoms with van der Waals surface area (Å²) in [5.41, 5.74) is 3.48. The van der Waals surface area contributed by atoms with Crippen molar-refractivity contribution in [2.75, 3.05) is 6.61 Å². The summed E-state index contributed by atoms with van der Waals surface area (Å²) in [6.45, 7) is 14.1. The summed E-state index contributed by atoms with van der Waals surface area (Å²) in [7, 11) is 0. The number of aromatic hydroxyl groups is 1. The zero-order valence-electron chi connectivity index (χ0n) is 20.0. The Balaban J connectivity index is 2.08. The Morgan fingerprint density at radius 1 is 0.871 bits per heavy atom. The fourth-order valence-corrected chi connectivity index (χ4v) is 3.47. The Morgan fingerprint density at radius 2 is 1.39 bits per heavy atom. The molecule has 2 aromatic carbocycles. The number of carbonyl (C=O) groups excluding carboxylic acids is 2. The summed E-state index contributed by atoms with van der Waals surface area (Å²) in [6, 6.07) is 11.4. The molecule has 0 aromatic heterocycles. The number of carbonyl (C=O) groups is 2. The van der Waals surface area contributed by atoms with Crippen molar-refractivity contribution in [1.82, 2.24) is 0 Å². The Labute approximate surface area is 186 Å². The van der Waals surface area contributed by atoms with Gasteiger partial charge >= 0.3 is 0 Å². The van der Waals surface area contributed by atoms with Crippen LogP contribution in [0.4, 0.5) is 0 Å². The summed E-state index contributed by atoms with van der Waals surface area (Å²) in [6.07, 6.45) is 1.45. The molecular formula is C27H36O4. The van der Waals surface area contributed by atoms with Crippen LogP contribution in [-0.4, -0.2) is 23.3 Å². The SMILES string of the molecule is CC(=O)COc1ccc(CC(=O)CCc2cc(C(C)(C)C)c(O)c(C(C)(C)C)c2)cc1. The molecule has 2 aromatic rings. The maximum atomic E-state index is 12.6. The smallest absolute Gasteiger partial charge is 0.167 e. The van der Waals surface area contributed by atoms with Crippen LogP contribution in [-0.2, 0) is 33.3 Å². The number of phenolic OH excluding ortho intramolecular Hbond substituents is 1. The first kappa shape index (κ1) is 24.6. The van der Waals surface area contributed by atoms with E-state index in [1.165, 1.54) is 6.92 Å². The summed E-state index contributed by atoms with van der Waals surface area (Å²) in [4.78, 5) is 23.6. The molecule has 0 saturated heterocycles. The van der Waals surface area contributed by atoms with Gasteiger partial charge in [0.2, 0.25) is 0 Å². The van der Waals surface area contributed by atoms with Crippen LogP contribution in [0.1, 0.15) is 77.1 Å². The highest BCUT2D eigenvalue weighted by Crippen LogP contribution is 2.40. The molecule has 0 fully saturated rings. The van der Waals surface area contributed by atoms with Crippen molar-refractivity contribution in [2.24, 2.45) is 0 Å². The molecule has 0 amide bonds. The molecule has 4 heteroatoms. The number of ether oxygens (including phenoxy) is 1. The summed E-state index contributed by atoms with van der Waals surface area (Å²) in [5, 5.41) is 10.9. The maximum absolute atomic E-state index is 12.6. The lowest BCUT2D eigenvalue weighted by Gasteiger charge is -2.28. The third kappa shape index (κ3) is 7.23. The van der Waals surface area contributed by atoms with Crippen LogP contribution < -0.4 is 4.74 Å². The summed E-state index contributed by atoms with van der Waals surface area (Å²) in [5.74, 6) is 1.12. The normalized spacial score (nSPS) is 12.0. The van der Waals surface area contributed by atoms with Gasteiger partial charge in [0.15, 0.2) is 5.78 Å². The molecule has 0 spiro atoms. The number of phenols is 1. The summed E-state index contributed by atoms with van der Waals surface area (Å²) >= 11 is 0. The number of benzene rings is 2. The van der Waals surface area contributed by atoms with Gasteiger partial charge in [0.25, 0.3) is 0 Å². The van der Waals surface area contributed by atoms with Crippen molar-refractivity contribution in [2.45, 2.75) is 78.6 Å². The van der Waals surface area contributed by atoms with Crippen LogP contribution in [0.15, 0.2) is 36.4 Å². The quantitative estimate of drug-likeness (QED) is 0.590. The fourth-order valence-electron chi connectivity index (χ4n) is 3.47. The molecule has 4 nitrogen and oxygen atoms in total. The summed E-state index contributed by atoms with van der Waals surface area (Å²) < 4.78 is 5.36. The van der Waals surface area contributed by atoms with E-state index in [1.807, 2.05) is 24.3 Å². The van der Waals surface area contributed by atoms with Gasteiger partial charge in [0, 0.05) is 12.8 Å². The zero-order valence-corrected chi connectivity index (χ0v) is 20.0. The minimum Gasteiger partial charge on any atom is -0.507 e. The van der Waals surface area contributed by atoms with Crippen molar-refractivity contribution in [1.29, 1.82) is 0 Å². The van der Waals surface area contributed by atoms with Crippen LogP contribution >= 0.6 is 0 Å². The molecule has 168 valence electrons. The van der Waals surface area contributed by atoms with E-state index in [4.69, 9.17) is 4.74 Å². The molecule has 0 atom stereocenters.